The van der Waals surface area contributed by atoms with Crippen LogP contribution in [0.5, 0.6) is 0 Å². The van der Waals surface area contributed by atoms with Crippen molar-refractivity contribution in [2.75, 3.05) is 16.5 Å². The Labute approximate surface area is 857 Å². The third kappa shape index (κ3) is 15.6. The third-order valence-electron chi connectivity index (χ3n) is 29.0. The van der Waals surface area contributed by atoms with Gasteiger partial charge in [-0.2, -0.15) is 0 Å². The summed E-state index contributed by atoms with van der Waals surface area (Å²) in [6, 6.07) is 173. The number of anilines is 6. The van der Waals surface area contributed by atoms with Gasteiger partial charge in [-0.3, -0.25) is 0 Å². The molecule has 20 aromatic carbocycles. The molecule has 144 heavy (non-hydrogen) atoms. The van der Waals surface area contributed by atoms with Crippen LogP contribution in [0, 0.1) is 0 Å². The molecular formula is C132H102BiFN8OP. The van der Waals surface area contributed by atoms with Gasteiger partial charge in [-0.1, -0.05) is 326 Å². The van der Waals surface area contributed by atoms with Gasteiger partial charge in [0.15, 0.2) is 5.58 Å². The molecule has 0 spiro atoms. The number of halogens is 1. The van der Waals surface area contributed by atoms with E-state index in [2.05, 4.69) is 521 Å². The molecule has 693 valence electrons. The summed E-state index contributed by atoms with van der Waals surface area (Å²) >= 11 is 0. The van der Waals surface area contributed by atoms with Crippen molar-refractivity contribution >= 4 is 179 Å². The van der Waals surface area contributed by atoms with E-state index in [0.717, 1.165) is 90.1 Å². The van der Waals surface area contributed by atoms with Crippen LogP contribution in [0.15, 0.2) is 490 Å². The van der Waals surface area contributed by atoms with Crippen LogP contribution in [0.3, 0.4) is 0 Å². The molecule has 1 unspecified atom stereocenters. The zero-order valence-corrected chi connectivity index (χ0v) is 85.1. The van der Waals surface area contributed by atoms with Gasteiger partial charge < -0.3 is 32.5 Å². The van der Waals surface area contributed by atoms with Gasteiger partial charge in [-0.15, -0.1) is 0 Å². The van der Waals surface area contributed by atoms with Crippen LogP contribution >= 0.6 is 8.89 Å². The number of benzene rings is 20. The third-order valence-corrected chi connectivity index (χ3v) is 29.0. The van der Waals surface area contributed by atoms with Crippen molar-refractivity contribution in [3.05, 3.63) is 508 Å². The fraction of sp³-hybridized carbons (Fsp3) is 0.0606. The molecule has 1 atom stereocenters. The van der Waals surface area contributed by atoms with E-state index in [9.17, 15) is 4.20 Å². The zero-order valence-electron chi connectivity index (χ0n) is 79.6. The van der Waals surface area contributed by atoms with Crippen LogP contribution in [0.1, 0.15) is 57.4 Å². The number of para-hydroxylation sites is 9. The molecule has 12 heteroatoms. The van der Waals surface area contributed by atoms with Gasteiger partial charge in [0.25, 0.3) is 0 Å². The Hall–Kier alpha value is -16.7. The summed E-state index contributed by atoms with van der Waals surface area (Å²) in [6.07, 6.45) is 1.62. The Morgan fingerprint density at radius 2 is 0.549 bits per heavy atom. The second kappa shape index (κ2) is 37.7. The summed E-state index contributed by atoms with van der Waals surface area (Å²) in [5, 5.41) is 10.9. The van der Waals surface area contributed by atoms with Crippen LogP contribution in [0.4, 0.5) is 38.3 Å². The van der Waals surface area contributed by atoms with Crippen molar-refractivity contribution in [3.8, 4) is 78.5 Å². The topological polar surface area (TPSA) is 65.1 Å². The van der Waals surface area contributed by atoms with Crippen LogP contribution in [-0.4, -0.2) is 61.1 Å². The molecular weight excluding hydrogens is 1970 g/mol. The van der Waals surface area contributed by atoms with Gasteiger partial charge in [0.2, 0.25) is 0 Å². The Balaban J connectivity index is 0.000000119. The maximum atomic E-state index is 10.3. The smallest absolute Gasteiger partial charge is 0.180 e. The molecule has 9 nitrogen and oxygen atoms in total. The molecule has 0 saturated heterocycles. The van der Waals surface area contributed by atoms with Crippen LogP contribution in [0.25, 0.3) is 188 Å². The first kappa shape index (κ1) is 91.1. The number of hydrogen-bond donors (Lipinski definition) is 0. The number of nitrogens with zero attached hydrogens (tertiary/aromatic N) is 8. The van der Waals surface area contributed by atoms with E-state index in [-0.39, 0.29) is 44.5 Å². The average molecular weight is 2080 g/mol. The largest absolute Gasteiger partial charge is 0.452 e. The maximum absolute atomic E-state index is 10.3. The summed E-state index contributed by atoms with van der Waals surface area (Å²) in [5.41, 5.74) is 40.5. The Bertz CT molecular complexity index is 9180. The van der Waals surface area contributed by atoms with Crippen molar-refractivity contribution in [3.63, 3.8) is 0 Å². The zero-order chi connectivity index (χ0) is 95.3. The Morgan fingerprint density at radius 3 is 0.993 bits per heavy atom. The molecule has 26 aromatic rings. The number of fused-ring (bicyclic) bond motifs is 21. The van der Waals surface area contributed by atoms with Crippen molar-refractivity contribution in [1.29, 1.82) is 0 Å². The summed E-state index contributed by atoms with van der Waals surface area (Å²) < 4.78 is 26.0. The second-order valence-electron chi connectivity index (χ2n) is 37.7. The molecule has 2 aliphatic rings. The second-order valence-corrected chi connectivity index (χ2v) is 38.1. The van der Waals surface area contributed by atoms with Crippen LogP contribution in [0.2, 0.25) is 0 Å². The fourth-order valence-corrected chi connectivity index (χ4v) is 22.5. The van der Waals surface area contributed by atoms with Gasteiger partial charge in [-0.05, 0) is 261 Å². The number of rotatable bonds is 13. The molecule has 0 aliphatic heterocycles. The number of aromatic nitrogens is 6. The molecule has 28 rings (SSSR count). The van der Waals surface area contributed by atoms with Crippen molar-refractivity contribution in [1.82, 2.24) is 28.2 Å². The standard InChI is InChI=1S/C51H37N3.C45H34N2.C34H21N3O.CH4FP.CH4.Bi.2H/c1-51(2)45-22-12-9-19-39(45)40-28-25-38(33-46(40)51)52(36-26-29-49-43(31-36)41-20-10-13-23-47(41)53(49)34-15-5-3-6-16-34)37-27-30-50-44(32-37)42-21-11-14-24-48(42)54(50)35-17-7-4-8-18-35;1-45(2)41-19-11-9-17-37(41)38-27-25-36(30-42(38)45)46(34-23-21-32(22-24-34)31-13-5-3-6-14-31)35-26-28-44-40(29-35)39-18-10-12-20-43(39)47(44)33-15-7-4-8-16-33;1-4-16-29-26(13-1)27-14-2-5-17-30(27)37(29)25-12-8-10-23(20-25)22-9-7-11-24(19-22)32-34-33(36-21-35-32)28-15-3-6-18-31(28)38-34;1-3-2;;;;/h3-33H,1-2H3;3-30H,1-2H3;1-21H;3H,1H3;1H4;;;. The van der Waals surface area contributed by atoms with E-state index < -0.39 is 8.89 Å². The molecule has 0 amide bonds. The summed E-state index contributed by atoms with van der Waals surface area (Å²) in [4.78, 5) is 14.0. The van der Waals surface area contributed by atoms with Crippen LogP contribution in [-0.2, 0) is 10.8 Å². The Kier molecular flexibility index (Phi) is 23.9. The summed E-state index contributed by atoms with van der Waals surface area (Å²) in [5.74, 6) is 0. The average Bonchev–Trinajstić information content (AvgIpc) is 1.57. The predicted octanol–water partition coefficient (Wildman–Crippen LogP) is 35.6. The van der Waals surface area contributed by atoms with Gasteiger partial charge in [0, 0.05) is 122 Å². The predicted molar refractivity (Wildman–Crippen MR) is 611 cm³/mol. The minimum absolute atomic E-state index is 0. The first-order valence-corrected chi connectivity index (χ1v) is 49.9. The van der Waals surface area contributed by atoms with E-state index in [0.29, 0.717) is 5.58 Å². The number of hydrogen-bond acceptors (Lipinski definition) is 5. The number of furan rings is 1. The fourth-order valence-electron chi connectivity index (χ4n) is 22.5. The SMILES string of the molecule is C.CC1(C)c2ccccc2-c2ccc(N(c3ccc(-c4ccccc4)cc3)c3ccc4c(c3)c3ccccc3n4-c3ccccc3)cc21.CC1(C)c2ccccc2-c2ccc(N(c3ccc4c(c3)c3ccccc3n4-c3ccccc3)c3ccc4c(c3)c3ccccc3n4-c3ccccc3)cc21.CPF.[BiH2].c1cc(-c2cccc(-n3c4ccccc4c4ccccc43)c2)cc(-c2ncnc3c2oc2ccccc23)c1. The monoisotopic (exact) mass is 2070 g/mol. The van der Waals surface area contributed by atoms with Crippen LogP contribution < -0.4 is 9.80 Å². The van der Waals surface area contributed by atoms with Gasteiger partial charge in [0.1, 0.15) is 23.1 Å². The van der Waals surface area contributed by atoms with Crippen molar-refractivity contribution in [2.24, 2.45) is 0 Å². The molecule has 0 saturated carbocycles. The van der Waals surface area contributed by atoms with E-state index in [1.165, 1.54) is 155 Å². The van der Waals surface area contributed by atoms with E-state index >= 15 is 0 Å². The quantitative estimate of drug-likeness (QED) is 0.0850. The molecule has 0 bridgehead atoms. The first-order chi connectivity index (χ1) is 69.9. The van der Waals surface area contributed by atoms with Crippen molar-refractivity contribution < 1.29 is 8.61 Å². The van der Waals surface area contributed by atoms with E-state index in [4.69, 9.17) is 4.42 Å². The molecule has 6 aromatic heterocycles. The van der Waals surface area contributed by atoms with Gasteiger partial charge >= 0.3 is 26.2 Å². The van der Waals surface area contributed by atoms with Gasteiger partial charge in [-0.25, -0.2) is 14.2 Å². The van der Waals surface area contributed by atoms with E-state index in [1.807, 2.05) is 24.3 Å². The molecule has 0 N–H and O–H groups in total. The first-order valence-electron chi connectivity index (χ1n) is 48.5. The Morgan fingerprint density at radius 1 is 0.250 bits per heavy atom. The minimum Gasteiger partial charge on any atom is -0.452 e. The molecule has 1 radical (unpaired) electrons. The summed E-state index contributed by atoms with van der Waals surface area (Å²) in [6.45, 7) is 10.9. The van der Waals surface area contributed by atoms with Crippen molar-refractivity contribution in [2.45, 2.75) is 46.0 Å². The normalized spacial score (nSPS) is 12.5. The summed E-state index contributed by atoms with van der Waals surface area (Å²) in [7, 11) is -0.417. The molecule has 0 fully saturated rings. The van der Waals surface area contributed by atoms with Gasteiger partial charge in [0.05, 0.1) is 53.0 Å². The maximum Gasteiger partial charge on any atom is 0.180 e. The molecule has 2 aliphatic carbocycles. The molecule has 6 heterocycles. The van der Waals surface area contributed by atoms with E-state index in [1.54, 1.807) is 6.33 Å². The minimum atomic E-state index is -0.417.